The molecule has 0 unspecified atom stereocenters. The second kappa shape index (κ2) is 6.81. The van der Waals surface area contributed by atoms with Crippen molar-refractivity contribution in [2.75, 3.05) is 10.6 Å². The topological polar surface area (TPSA) is 122 Å². The number of benzene rings is 1. The van der Waals surface area contributed by atoms with Crippen LogP contribution < -0.4 is 10.6 Å². The number of hydrogen-bond donors (Lipinski definition) is 2. The smallest absolute Gasteiger partial charge is 0.416 e. The third kappa shape index (κ3) is 3.49. The van der Waals surface area contributed by atoms with Gasteiger partial charge in [0.25, 0.3) is 5.91 Å². The number of hydrogen-bond acceptors (Lipinski definition) is 8. The maximum atomic E-state index is 12.9. The molecule has 0 spiro atoms. The fraction of sp³-hybridized carbons (Fsp3) is 0.0588. The average Bonchev–Trinajstić information content (AvgIpc) is 3.36. The molecule has 0 atom stereocenters. The molecule has 3 heterocycles. The molecule has 0 bridgehead atoms. The van der Waals surface area contributed by atoms with E-state index in [0.717, 1.165) is 28.8 Å². The number of nitrogens with zero attached hydrogens (tertiary/aromatic N) is 3. The highest BCUT2D eigenvalue weighted by atomic mass is 32.2. The molecule has 0 aliphatic carbocycles. The van der Waals surface area contributed by atoms with Crippen LogP contribution in [0.5, 0.6) is 0 Å². The van der Waals surface area contributed by atoms with E-state index in [-0.39, 0.29) is 38.8 Å². The molecule has 0 saturated carbocycles. The number of aromatic nitrogens is 2. The Hall–Kier alpha value is -3.54. The van der Waals surface area contributed by atoms with Gasteiger partial charge in [-0.25, -0.2) is 9.53 Å². The van der Waals surface area contributed by atoms with Crippen LogP contribution in [-0.2, 0) is 11.0 Å². The molecule has 4 rings (SSSR count). The van der Waals surface area contributed by atoms with Gasteiger partial charge in [0, 0.05) is 11.6 Å². The van der Waals surface area contributed by atoms with Crippen molar-refractivity contribution in [2.45, 2.75) is 6.18 Å². The Morgan fingerprint density at radius 1 is 1.21 bits per heavy atom. The van der Waals surface area contributed by atoms with Crippen molar-refractivity contribution in [3.05, 3.63) is 52.6 Å². The van der Waals surface area contributed by atoms with Gasteiger partial charge in [0.15, 0.2) is 5.17 Å². The third-order valence-corrected chi connectivity index (χ3v) is 4.79. The second-order valence-corrected chi connectivity index (χ2v) is 6.84. The van der Waals surface area contributed by atoms with Crippen LogP contribution in [-0.4, -0.2) is 21.4 Å². The number of amidine groups is 1. The fourth-order valence-electron chi connectivity index (χ4n) is 2.59. The molecule has 1 fully saturated rings. The molecule has 1 aliphatic heterocycles. The minimum absolute atomic E-state index is 0.0972. The number of nitrogens with two attached hydrogens (primary N) is 1. The van der Waals surface area contributed by atoms with Gasteiger partial charge in [-0.05, 0) is 46.3 Å². The first-order chi connectivity index (χ1) is 13.7. The van der Waals surface area contributed by atoms with E-state index in [9.17, 15) is 18.0 Å². The highest BCUT2D eigenvalue weighted by Gasteiger charge is 2.37. The Morgan fingerprint density at radius 3 is 2.69 bits per heavy atom. The van der Waals surface area contributed by atoms with Crippen LogP contribution >= 0.6 is 11.8 Å². The van der Waals surface area contributed by atoms with E-state index in [0.29, 0.717) is 0 Å². The van der Waals surface area contributed by atoms with E-state index in [1.165, 1.54) is 30.3 Å². The maximum Gasteiger partial charge on any atom is 0.416 e. The number of carbonyl (C=O) groups excluding carboxylic acids is 1. The van der Waals surface area contributed by atoms with E-state index in [2.05, 4.69) is 14.9 Å². The molecule has 12 heteroatoms. The summed E-state index contributed by atoms with van der Waals surface area (Å²) in [5.74, 6) is -0.390. The van der Waals surface area contributed by atoms with Crippen LogP contribution in [0.25, 0.3) is 17.4 Å². The first kappa shape index (κ1) is 18.8. The lowest BCUT2D eigenvalue weighted by Gasteiger charge is -2.08. The fourth-order valence-corrected chi connectivity index (χ4v) is 3.41. The molecule has 3 aromatic rings. The molecule has 3 N–H and O–H groups in total. The Morgan fingerprint density at radius 2 is 2.00 bits per heavy atom. The summed E-state index contributed by atoms with van der Waals surface area (Å²) < 4.78 is 48.7. The Balaban J connectivity index is 1.61. The Labute approximate surface area is 164 Å². The van der Waals surface area contributed by atoms with Gasteiger partial charge in [0.2, 0.25) is 11.6 Å². The van der Waals surface area contributed by atoms with Gasteiger partial charge in [-0.15, -0.1) is 0 Å². The number of thioether (sulfide) groups is 1. The van der Waals surface area contributed by atoms with Crippen molar-refractivity contribution in [1.29, 1.82) is 5.41 Å². The third-order valence-electron chi connectivity index (χ3n) is 3.91. The number of furan rings is 1. The van der Waals surface area contributed by atoms with Crippen LogP contribution in [0.15, 0.2) is 50.3 Å². The summed E-state index contributed by atoms with van der Waals surface area (Å²) in [6, 6.07) is 7.71. The van der Waals surface area contributed by atoms with E-state index in [1.807, 2.05) is 0 Å². The summed E-state index contributed by atoms with van der Waals surface area (Å²) in [5.41, 5.74) is 5.01. The molecule has 0 radical (unpaired) electrons. The lowest BCUT2D eigenvalue weighted by atomic mass is 10.1. The quantitative estimate of drug-likeness (QED) is 0.613. The number of halogens is 3. The minimum Gasteiger partial charge on any atom is -0.457 e. The summed E-state index contributed by atoms with van der Waals surface area (Å²) >= 11 is 0.841. The summed E-state index contributed by atoms with van der Waals surface area (Å²) in [7, 11) is 0. The minimum atomic E-state index is -4.47. The summed E-state index contributed by atoms with van der Waals surface area (Å²) in [6.07, 6.45) is -3.09. The molecule has 1 aromatic carbocycles. The van der Waals surface area contributed by atoms with E-state index >= 15 is 0 Å². The number of carbonyl (C=O) groups is 1. The lowest BCUT2D eigenvalue weighted by Crippen LogP contribution is -2.29. The molecule has 148 valence electrons. The molecular formula is C17H10F3N5O3S. The summed E-state index contributed by atoms with van der Waals surface area (Å²) in [6.45, 7) is 0. The summed E-state index contributed by atoms with van der Waals surface area (Å²) in [4.78, 5) is 13.6. The van der Waals surface area contributed by atoms with Crippen LogP contribution in [0.4, 0.5) is 24.8 Å². The van der Waals surface area contributed by atoms with E-state index in [1.54, 1.807) is 0 Å². The molecule has 1 aliphatic rings. The zero-order valence-electron chi connectivity index (χ0n) is 14.2. The van der Waals surface area contributed by atoms with Crippen LogP contribution in [0.2, 0.25) is 0 Å². The molecule has 8 nitrogen and oxygen atoms in total. The molecule has 1 saturated heterocycles. The molecule has 1 amide bonds. The summed E-state index contributed by atoms with van der Waals surface area (Å²) in [5, 5.41) is 14.7. The standard InChI is InChI=1S/C17H10F3N5O3S/c18-17(19,20)9-3-1-2-8(6-9)11-5-4-10(27-11)7-12-15(26)25(16(22)29-12)14-13(21)23-28-24-14/h1-7,22H,(H2,21,23)/b12-7-,22-16?. The van der Waals surface area contributed by atoms with Crippen molar-refractivity contribution in [1.82, 2.24) is 10.3 Å². The van der Waals surface area contributed by atoms with Crippen LogP contribution in [0.1, 0.15) is 11.3 Å². The van der Waals surface area contributed by atoms with Gasteiger partial charge < -0.3 is 10.2 Å². The predicted molar refractivity (Wildman–Crippen MR) is 98.6 cm³/mol. The van der Waals surface area contributed by atoms with Gasteiger partial charge in [-0.2, -0.15) is 13.2 Å². The Bertz CT molecular complexity index is 1150. The van der Waals surface area contributed by atoms with Gasteiger partial charge in [0.1, 0.15) is 11.5 Å². The Kier molecular flexibility index (Phi) is 4.42. The molecule has 2 aromatic heterocycles. The van der Waals surface area contributed by atoms with Gasteiger partial charge >= 0.3 is 6.18 Å². The highest BCUT2D eigenvalue weighted by Crippen LogP contribution is 2.37. The van der Waals surface area contributed by atoms with Gasteiger partial charge in [0.05, 0.1) is 10.5 Å². The number of nitrogen functional groups attached to an aromatic ring is 1. The number of amides is 1. The zero-order chi connectivity index (χ0) is 20.8. The first-order valence-corrected chi connectivity index (χ1v) is 8.74. The van der Waals surface area contributed by atoms with Crippen molar-refractivity contribution in [3.63, 3.8) is 0 Å². The van der Waals surface area contributed by atoms with Crippen LogP contribution in [0, 0.1) is 5.41 Å². The van der Waals surface area contributed by atoms with Crippen molar-refractivity contribution < 1.29 is 27.0 Å². The van der Waals surface area contributed by atoms with Crippen molar-refractivity contribution in [3.8, 4) is 11.3 Å². The first-order valence-electron chi connectivity index (χ1n) is 7.92. The van der Waals surface area contributed by atoms with E-state index in [4.69, 9.17) is 15.6 Å². The van der Waals surface area contributed by atoms with Crippen molar-refractivity contribution >= 4 is 40.5 Å². The number of anilines is 2. The van der Waals surface area contributed by atoms with Gasteiger partial charge in [-0.1, -0.05) is 12.1 Å². The molecular weight excluding hydrogens is 411 g/mol. The van der Waals surface area contributed by atoms with Gasteiger partial charge in [-0.3, -0.25) is 10.2 Å². The van der Waals surface area contributed by atoms with E-state index < -0.39 is 17.6 Å². The highest BCUT2D eigenvalue weighted by molar-refractivity contribution is 8.19. The van der Waals surface area contributed by atoms with Crippen LogP contribution in [0.3, 0.4) is 0 Å². The number of rotatable bonds is 3. The largest absolute Gasteiger partial charge is 0.457 e. The van der Waals surface area contributed by atoms with Crippen molar-refractivity contribution in [2.24, 2.45) is 0 Å². The maximum absolute atomic E-state index is 12.9. The monoisotopic (exact) mass is 421 g/mol. The second-order valence-electron chi connectivity index (χ2n) is 5.81. The number of nitrogens with one attached hydrogen (secondary N) is 1. The SMILES string of the molecule is N=C1S/C(=C\c2ccc(-c3cccc(C(F)(F)F)c3)o2)C(=O)N1c1nonc1N. The zero-order valence-corrected chi connectivity index (χ0v) is 15.0. The lowest BCUT2D eigenvalue weighted by molar-refractivity contribution is -0.137. The predicted octanol–water partition coefficient (Wildman–Crippen LogP) is 3.99. The molecule has 29 heavy (non-hydrogen) atoms. The average molecular weight is 421 g/mol. The number of alkyl halides is 3. The normalized spacial score (nSPS) is 16.2.